The number of hydrogen-bond acceptors (Lipinski definition) is 2. The summed E-state index contributed by atoms with van der Waals surface area (Å²) in [6.45, 7) is 9.16. The molecule has 2 nitrogen and oxygen atoms in total. The van der Waals surface area contributed by atoms with Crippen LogP contribution >= 0.6 is 11.6 Å². The van der Waals surface area contributed by atoms with Crippen molar-refractivity contribution >= 4 is 17.3 Å². The highest BCUT2D eigenvalue weighted by atomic mass is 35.5. The Morgan fingerprint density at radius 3 is 2.78 bits per heavy atom. The second-order valence-electron chi connectivity index (χ2n) is 6.46. The summed E-state index contributed by atoms with van der Waals surface area (Å²) in [5.41, 5.74) is 2.79. The Balaban J connectivity index is 2.06. The Kier molecular flexibility index (Phi) is 3.86. The van der Waals surface area contributed by atoms with E-state index in [0.29, 0.717) is 22.5 Å². The third kappa shape index (κ3) is 3.17. The molecule has 0 aromatic carbocycles. The van der Waals surface area contributed by atoms with Crippen molar-refractivity contribution in [1.82, 2.24) is 4.98 Å². The van der Waals surface area contributed by atoms with Crippen LogP contribution in [0.25, 0.3) is 0 Å². The van der Waals surface area contributed by atoms with Gasteiger partial charge >= 0.3 is 0 Å². The summed E-state index contributed by atoms with van der Waals surface area (Å²) in [5.74, 6) is 0.698. The molecule has 1 N–H and O–H groups in total. The number of hydrogen-bond donors (Lipinski definition) is 1. The van der Waals surface area contributed by atoms with Crippen LogP contribution in [0.3, 0.4) is 0 Å². The Morgan fingerprint density at radius 2 is 2.17 bits per heavy atom. The quantitative estimate of drug-likeness (QED) is 0.787. The van der Waals surface area contributed by atoms with Crippen molar-refractivity contribution < 1.29 is 0 Å². The highest BCUT2D eigenvalue weighted by molar-refractivity contribution is 6.29. The van der Waals surface area contributed by atoms with Crippen LogP contribution < -0.4 is 5.32 Å². The van der Waals surface area contributed by atoms with Gasteiger partial charge in [-0.2, -0.15) is 0 Å². The smallest absolute Gasteiger partial charge is 0.129 e. The van der Waals surface area contributed by atoms with Crippen molar-refractivity contribution in [2.24, 2.45) is 11.3 Å². The molecule has 2 unspecified atom stereocenters. The summed E-state index contributed by atoms with van der Waals surface area (Å²) in [6, 6.07) is 2.47. The van der Waals surface area contributed by atoms with Gasteiger partial charge in [0.05, 0.1) is 11.9 Å². The number of rotatable bonds is 2. The van der Waals surface area contributed by atoms with Crippen LogP contribution in [0, 0.1) is 18.3 Å². The topological polar surface area (TPSA) is 24.9 Å². The maximum atomic E-state index is 5.89. The van der Waals surface area contributed by atoms with Crippen molar-refractivity contribution in [1.29, 1.82) is 0 Å². The molecule has 1 heterocycles. The van der Waals surface area contributed by atoms with Crippen LogP contribution in [0.5, 0.6) is 0 Å². The van der Waals surface area contributed by atoms with Crippen molar-refractivity contribution in [2.75, 3.05) is 5.32 Å². The summed E-state index contributed by atoms with van der Waals surface area (Å²) in [5, 5.41) is 4.21. The van der Waals surface area contributed by atoms with Gasteiger partial charge in [0.2, 0.25) is 0 Å². The number of halogens is 1. The van der Waals surface area contributed by atoms with Crippen LogP contribution in [0.15, 0.2) is 12.3 Å². The zero-order valence-electron chi connectivity index (χ0n) is 11.8. The summed E-state index contributed by atoms with van der Waals surface area (Å²) >= 11 is 5.89. The maximum Gasteiger partial charge on any atom is 0.129 e. The molecule has 1 fully saturated rings. The lowest BCUT2D eigenvalue weighted by Crippen LogP contribution is -2.37. The molecule has 1 aromatic heterocycles. The first kappa shape index (κ1) is 13.7. The molecule has 0 radical (unpaired) electrons. The molecule has 1 aliphatic carbocycles. The van der Waals surface area contributed by atoms with Gasteiger partial charge in [-0.3, -0.25) is 0 Å². The van der Waals surface area contributed by atoms with Gasteiger partial charge in [0.25, 0.3) is 0 Å². The molecular weight excluding hydrogens is 244 g/mol. The Morgan fingerprint density at radius 1 is 1.44 bits per heavy atom. The molecule has 1 aliphatic rings. The highest BCUT2D eigenvalue weighted by Gasteiger charge is 2.32. The lowest BCUT2D eigenvalue weighted by atomic mass is 9.70. The van der Waals surface area contributed by atoms with Gasteiger partial charge in [-0.25, -0.2) is 4.98 Å². The third-order valence-electron chi connectivity index (χ3n) is 4.11. The zero-order chi connectivity index (χ0) is 13.3. The van der Waals surface area contributed by atoms with Crippen molar-refractivity contribution in [2.45, 2.75) is 53.0 Å². The Hall–Kier alpha value is -0.760. The predicted molar refractivity (Wildman–Crippen MR) is 78.2 cm³/mol. The SMILES string of the molecule is Cc1cc(Cl)ncc1NC1CCC(C)(C)CC1C. The summed E-state index contributed by atoms with van der Waals surface area (Å²) in [7, 11) is 0. The molecule has 0 saturated heterocycles. The highest BCUT2D eigenvalue weighted by Crippen LogP contribution is 2.39. The van der Waals surface area contributed by atoms with Crippen molar-refractivity contribution in [3.05, 3.63) is 23.0 Å². The number of pyridine rings is 1. The molecule has 2 rings (SSSR count). The van der Waals surface area contributed by atoms with E-state index in [1.165, 1.54) is 24.8 Å². The normalized spacial score (nSPS) is 26.9. The molecule has 100 valence electrons. The molecule has 18 heavy (non-hydrogen) atoms. The van der Waals surface area contributed by atoms with Gasteiger partial charge in [-0.1, -0.05) is 32.4 Å². The standard InChI is InChI=1S/C15H23ClN2/c1-10-7-14(16)17-9-13(10)18-12-5-6-15(3,4)8-11(12)2/h7,9,11-12,18H,5-6,8H2,1-4H3. The molecule has 1 aromatic rings. The molecule has 0 bridgehead atoms. The van der Waals surface area contributed by atoms with Crippen LogP contribution in [0.2, 0.25) is 5.15 Å². The minimum absolute atomic E-state index is 0.491. The molecule has 0 aliphatic heterocycles. The molecule has 0 spiro atoms. The van der Waals surface area contributed by atoms with E-state index in [0.717, 1.165) is 5.69 Å². The number of anilines is 1. The van der Waals surface area contributed by atoms with Gasteiger partial charge in [0.15, 0.2) is 0 Å². The fourth-order valence-electron chi connectivity index (χ4n) is 3.03. The van der Waals surface area contributed by atoms with E-state index in [-0.39, 0.29) is 0 Å². The average molecular weight is 267 g/mol. The zero-order valence-corrected chi connectivity index (χ0v) is 12.5. The first-order valence-electron chi connectivity index (χ1n) is 6.76. The van der Waals surface area contributed by atoms with E-state index >= 15 is 0 Å². The van der Waals surface area contributed by atoms with E-state index in [2.05, 4.69) is 38.0 Å². The summed E-state index contributed by atoms with van der Waals surface area (Å²) in [6.07, 6.45) is 5.65. The minimum atomic E-state index is 0.491. The van der Waals surface area contributed by atoms with Crippen molar-refractivity contribution in [3.63, 3.8) is 0 Å². The second-order valence-corrected chi connectivity index (χ2v) is 6.84. The van der Waals surface area contributed by atoms with E-state index in [9.17, 15) is 0 Å². The fourth-order valence-corrected chi connectivity index (χ4v) is 3.25. The van der Waals surface area contributed by atoms with Gasteiger partial charge < -0.3 is 5.32 Å². The van der Waals surface area contributed by atoms with Crippen molar-refractivity contribution in [3.8, 4) is 0 Å². The average Bonchev–Trinajstić information content (AvgIpc) is 2.24. The predicted octanol–water partition coefficient (Wildman–Crippen LogP) is 4.67. The molecule has 0 amide bonds. The van der Waals surface area contributed by atoms with Gasteiger partial charge in [-0.05, 0) is 49.1 Å². The molecular formula is C15H23ClN2. The van der Waals surface area contributed by atoms with E-state index < -0.39 is 0 Å². The Bertz CT molecular complexity index is 429. The second kappa shape index (κ2) is 5.08. The molecule has 1 saturated carbocycles. The van der Waals surface area contributed by atoms with E-state index in [1.807, 2.05) is 12.3 Å². The van der Waals surface area contributed by atoms with Crippen LogP contribution in [-0.2, 0) is 0 Å². The minimum Gasteiger partial charge on any atom is -0.381 e. The number of nitrogens with one attached hydrogen (secondary N) is 1. The largest absolute Gasteiger partial charge is 0.381 e. The van der Waals surface area contributed by atoms with Crippen LogP contribution in [0.1, 0.15) is 45.6 Å². The van der Waals surface area contributed by atoms with Crippen LogP contribution in [-0.4, -0.2) is 11.0 Å². The number of nitrogens with zero attached hydrogens (tertiary/aromatic N) is 1. The lowest BCUT2D eigenvalue weighted by molar-refractivity contribution is 0.177. The maximum absolute atomic E-state index is 5.89. The summed E-state index contributed by atoms with van der Waals surface area (Å²) < 4.78 is 0. The number of aryl methyl sites for hydroxylation is 1. The van der Waals surface area contributed by atoms with Gasteiger partial charge in [0, 0.05) is 6.04 Å². The van der Waals surface area contributed by atoms with Gasteiger partial charge in [-0.15, -0.1) is 0 Å². The first-order valence-corrected chi connectivity index (χ1v) is 7.14. The first-order chi connectivity index (χ1) is 8.37. The van der Waals surface area contributed by atoms with Crippen LogP contribution in [0.4, 0.5) is 5.69 Å². The lowest BCUT2D eigenvalue weighted by Gasteiger charge is -2.40. The van der Waals surface area contributed by atoms with Gasteiger partial charge in [0.1, 0.15) is 5.15 Å². The van der Waals surface area contributed by atoms with E-state index in [1.54, 1.807) is 0 Å². The molecule has 2 atom stereocenters. The third-order valence-corrected chi connectivity index (χ3v) is 4.32. The number of aromatic nitrogens is 1. The fraction of sp³-hybridized carbons (Fsp3) is 0.667. The Labute approximate surface area is 115 Å². The monoisotopic (exact) mass is 266 g/mol. The molecule has 3 heteroatoms. The van der Waals surface area contributed by atoms with E-state index in [4.69, 9.17) is 11.6 Å². The summed E-state index contributed by atoms with van der Waals surface area (Å²) in [4.78, 5) is 4.16.